The summed E-state index contributed by atoms with van der Waals surface area (Å²) >= 11 is 6.34. The number of aromatic nitrogens is 2. The second-order valence-corrected chi connectivity index (χ2v) is 10.4. The number of carbonyl (C=O) groups is 1. The summed E-state index contributed by atoms with van der Waals surface area (Å²) in [5.74, 6) is 0.680. The molecule has 0 spiro atoms. The molecule has 9 heteroatoms. The van der Waals surface area contributed by atoms with Crippen LogP contribution in [0.2, 0.25) is 5.02 Å². The van der Waals surface area contributed by atoms with Gasteiger partial charge in [-0.05, 0) is 61.9 Å². The fourth-order valence-electron chi connectivity index (χ4n) is 5.39. The Morgan fingerprint density at radius 2 is 1.76 bits per heavy atom. The average Bonchev–Trinajstić information content (AvgIpc) is 3.18. The maximum atomic E-state index is 13.6. The molecule has 7 nitrogen and oxygen atoms in total. The molecule has 2 saturated heterocycles. The summed E-state index contributed by atoms with van der Waals surface area (Å²) in [7, 11) is 1.98. The summed E-state index contributed by atoms with van der Waals surface area (Å²) in [4.78, 5) is 26.9. The summed E-state index contributed by atoms with van der Waals surface area (Å²) in [6.45, 7) is 10.6. The third-order valence-corrected chi connectivity index (χ3v) is 8.04. The Kier molecular flexibility index (Phi) is 7.40. The van der Waals surface area contributed by atoms with E-state index in [-0.39, 0.29) is 17.8 Å². The van der Waals surface area contributed by atoms with Gasteiger partial charge in [0.05, 0.1) is 5.02 Å². The quantitative estimate of drug-likeness (QED) is 0.501. The molecule has 0 bridgehead atoms. The van der Waals surface area contributed by atoms with Gasteiger partial charge < -0.3 is 19.3 Å². The number of hydrogen-bond acceptors (Lipinski definition) is 5. The van der Waals surface area contributed by atoms with Gasteiger partial charge in [0.1, 0.15) is 17.3 Å². The van der Waals surface area contributed by atoms with Crippen molar-refractivity contribution in [2.24, 2.45) is 7.05 Å². The minimum Gasteiger partial charge on any atom is -0.368 e. The van der Waals surface area contributed by atoms with Gasteiger partial charge in [0.2, 0.25) is 0 Å². The van der Waals surface area contributed by atoms with Crippen molar-refractivity contribution in [1.29, 1.82) is 0 Å². The normalized spacial score (nSPS) is 18.9. The van der Waals surface area contributed by atoms with E-state index >= 15 is 0 Å². The van der Waals surface area contributed by atoms with Crippen LogP contribution in [0.1, 0.15) is 28.7 Å². The van der Waals surface area contributed by atoms with Crippen molar-refractivity contribution in [3.8, 4) is 0 Å². The Labute approximate surface area is 223 Å². The molecule has 2 fully saturated rings. The molecule has 0 unspecified atom stereocenters. The van der Waals surface area contributed by atoms with Gasteiger partial charge in [-0.1, -0.05) is 11.6 Å². The van der Waals surface area contributed by atoms with Gasteiger partial charge in [0.25, 0.3) is 5.91 Å². The van der Waals surface area contributed by atoms with Crippen molar-refractivity contribution < 1.29 is 9.18 Å². The van der Waals surface area contributed by atoms with Crippen LogP contribution >= 0.6 is 11.6 Å². The molecule has 196 valence electrons. The van der Waals surface area contributed by atoms with Gasteiger partial charge in [-0.15, -0.1) is 0 Å². The first-order chi connectivity index (χ1) is 17.8. The molecule has 2 aromatic heterocycles. The number of pyridine rings is 1. The van der Waals surface area contributed by atoms with E-state index in [1.807, 2.05) is 28.6 Å². The summed E-state index contributed by atoms with van der Waals surface area (Å²) in [5, 5.41) is 0.686. The molecule has 0 N–H and O–H groups in total. The lowest BCUT2D eigenvalue weighted by atomic mass is 10.1. The van der Waals surface area contributed by atoms with Gasteiger partial charge >= 0.3 is 0 Å². The van der Waals surface area contributed by atoms with Crippen LogP contribution in [0.3, 0.4) is 0 Å². The lowest BCUT2D eigenvalue weighted by Gasteiger charge is -2.41. The van der Waals surface area contributed by atoms with Gasteiger partial charge in [-0.2, -0.15) is 0 Å². The van der Waals surface area contributed by atoms with Crippen molar-refractivity contribution in [2.75, 3.05) is 55.6 Å². The molecule has 37 heavy (non-hydrogen) atoms. The van der Waals surface area contributed by atoms with Gasteiger partial charge in [0, 0.05) is 83.0 Å². The maximum absolute atomic E-state index is 13.6. The van der Waals surface area contributed by atoms with Crippen LogP contribution in [-0.4, -0.2) is 77.1 Å². The average molecular weight is 525 g/mol. The van der Waals surface area contributed by atoms with Crippen molar-refractivity contribution in [3.05, 3.63) is 76.5 Å². The Balaban J connectivity index is 1.22. The minimum atomic E-state index is -0.236. The van der Waals surface area contributed by atoms with E-state index in [9.17, 15) is 9.18 Å². The van der Waals surface area contributed by atoms with E-state index in [2.05, 4.69) is 39.6 Å². The van der Waals surface area contributed by atoms with Crippen molar-refractivity contribution in [1.82, 2.24) is 19.4 Å². The Morgan fingerprint density at radius 3 is 2.43 bits per heavy atom. The highest BCUT2D eigenvalue weighted by Crippen LogP contribution is 2.26. The predicted molar refractivity (Wildman–Crippen MR) is 146 cm³/mol. The van der Waals surface area contributed by atoms with Crippen molar-refractivity contribution in [2.45, 2.75) is 26.4 Å². The molecule has 2 aliphatic heterocycles. The van der Waals surface area contributed by atoms with Gasteiger partial charge in [-0.25, -0.2) is 9.37 Å². The van der Waals surface area contributed by atoms with E-state index in [4.69, 9.17) is 11.6 Å². The predicted octanol–water partition coefficient (Wildman–Crippen LogP) is 4.19. The lowest BCUT2D eigenvalue weighted by Crippen LogP contribution is -2.54. The van der Waals surface area contributed by atoms with Crippen LogP contribution in [0, 0.1) is 12.7 Å². The number of halogens is 2. The van der Waals surface area contributed by atoms with E-state index in [1.165, 1.54) is 17.7 Å². The number of nitrogens with zero attached hydrogens (tertiary/aromatic N) is 6. The molecule has 2 aliphatic rings. The van der Waals surface area contributed by atoms with Crippen LogP contribution in [0.4, 0.5) is 15.9 Å². The summed E-state index contributed by atoms with van der Waals surface area (Å²) < 4.78 is 15.4. The molecular weight excluding hydrogens is 491 g/mol. The zero-order valence-electron chi connectivity index (χ0n) is 21.7. The van der Waals surface area contributed by atoms with E-state index in [0.29, 0.717) is 11.6 Å². The molecular formula is C28H34ClFN6O. The summed E-state index contributed by atoms with van der Waals surface area (Å²) in [6, 6.07) is 12.4. The standard InChI is InChI=1S/C28H34ClFN6O/c1-20-18-35(24-8-6-23(30)7-9-24)15-16-36(20)28(37)26-17-22(21(2)32(26)3)19-33-11-13-34(14-12-33)27-25(29)5-4-10-31-27/h4-10,17,20H,11-16,18-19H2,1-3H3/t20-/m0/s1. The SMILES string of the molecule is Cc1c(CN2CCN(c3ncccc3Cl)CC2)cc(C(=O)N2CCN(c3ccc(F)cc3)C[C@@H]2C)n1C. The molecule has 5 rings (SSSR count). The van der Waals surface area contributed by atoms with E-state index < -0.39 is 0 Å². The number of anilines is 2. The smallest absolute Gasteiger partial charge is 0.270 e. The van der Waals surface area contributed by atoms with Gasteiger partial charge in [0.15, 0.2) is 0 Å². The summed E-state index contributed by atoms with van der Waals surface area (Å²) in [6.07, 6.45) is 1.78. The number of rotatable bonds is 5. The second kappa shape index (κ2) is 10.7. The third kappa shape index (κ3) is 5.31. The van der Waals surface area contributed by atoms with Crippen molar-refractivity contribution in [3.63, 3.8) is 0 Å². The largest absolute Gasteiger partial charge is 0.368 e. The Hall–Kier alpha value is -3.10. The number of hydrogen-bond donors (Lipinski definition) is 0. The van der Waals surface area contributed by atoms with Gasteiger partial charge in [-0.3, -0.25) is 9.69 Å². The number of benzene rings is 1. The van der Waals surface area contributed by atoms with Crippen molar-refractivity contribution >= 4 is 29.0 Å². The third-order valence-electron chi connectivity index (χ3n) is 7.74. The second-order valence-electron chi connectivity index (χ2n) is 10.0. The Morgan fingerprint density at radius 1 is 1.05 bits per heavy atom. The molecule has 0 saturated carbocycles. The molecule has 1 amide bonds. The van der Waals surface area contributed by atoms with Crippen LogP contribution in [0.25, 0.3) is 0 Å². The van der Waals surface area contributed by atoms with Crippen LogP contribution in [0.5, 0.6) is 0 Å². The van der Waals surface area contributed by atoms with Crippen LogP contribution in [-0.2, 0) is 13.6 Å². The molecule has 3 aromatic rings. The topological polar surface area (TPSA) is 47.9 Å². The highest BCUT2D eigenvalue weighted by atomic mass is 35.5. The highest BCUT2D eigenvalue weighted by molar-refractivity contribution is 6.32. The number of piperazine rings is 2. The zero-order chi connectivity index (χ0) is 26.1. The fraction of sp³-hybridized carbons (Fsp3) is 0.429. The maximum Gasteiger partial charge on any atom is 0.270 e. The molecule has 0 radical (unpaired) electrons. The zero-order valence-corrected chi connectivity index (χ0v) is 22.5. The monoisotopic (exact) mass is 524 g/mol. The molecule has 0 aliphatic carbocycles. The Bertz CT molecular complexity index is 1250. The van der Waals surface area contributed by atoms with E-state index in [0.717, 1.165) is 68.7 Å². The first kappa shape index (κ1) is 25.5. The minimum absolute atomic E-state index is 0.0523. The number of amides is 1. The van der Waals surface area contributed by atoms with Crippen LogP contribution < -0.4 is 9.80 Å². The fourth-order valence-corrected chi connectivity index (χ4v) is 5.63. The first-order valence-electron chi connectivity index (χ1n) is 12.9. The van der Waals surface area contributed by atoms with Crippen LogP contribution in [0.15, 0.2) is 48.7 Å². The lowest BCUT2D eigenvalue weighted by molar-refractivity contribution is 0.0664. The first-order valence-corrected chi connectivity index (χ1v) is 13.2. The molecule has 1 aromatic carbocycles. The highest BCUT2D eigenvalue weighted by Gasteiger charge is 2.31. The molecule has 1 atom stereocenters. The van der Waals surface area contributed by atoms with E-state index in [1.54, 1.807) is 18.3 Å². The molecule has 4 heterocycles. The number of carbonyl (C=O) groups excluding carboxylic acids is 1. The summed E-state index contributed by atoms with van der Waals surface area (Å²) in [5.41, 5.74) is 4.03.